The quantitative estimate of drug-likeness (QED) is 0.254. The Kier molecular flexibility index (Phi) is 11.6. The SMILES string of the molecule is O=C(CCC(O)C(=O)N(CCO)CCO)N(CCO)CCO. The van der Waals surface area contributed by atoms with Gasteiger partial charge in [-0.15, -0.1) is 0 Å². The Morgan fingerprint density at radius 2 is 1.18 bits per heavy atom. The lowest BCUT2D eigenvalue weighted by Crippen LogP contribution is -2.43. The molecule has 0 aliphatic rings. The zero-order chi connectivity index (χ0) is 17.0. The fraction of sp³-hybridized carbons (Fsp3) is 0.846. The molecule has 0 rings (SSSR count). The van der Waals surface area contributed by atoms with Gasteiger partial charge in [0.2, 0.25) is 5.91 Å². The number of aliphatic hydroxyl groups excluding tert-OH is 5. The molecule has 5 N–H and O–H groups in total. The van der Waals surface area contributed by atoms with Crippen molar-refractivity contribution in [3.63, 3.8) is 0 Å². The topological polar surface area (TPSA) is 142 Å². The molecule has 2 amide bonds. The number of hydrogen-bond acceptors (Lipinski definition) is 7. The molecule has 1 atom stereocenters. The lowest BCUT2D eigenvalue weighted by atomic mass is 10.1. The molecule has 0 saturated heterocycles. The van der Waals surface area contributed by atoms with Crippen molar-refractivity contribution in [2.45, 2.75) is 18.9 Å². The van der Waals surface area contributed by atoms with Gasteiger partial charge in [0, 0.05) is 32.6 Å². The van der Waals surface area contributed by atoms with Gasteiger partial charge >= 0.3 is 0 Å². The van der Waals surface area contributed by atoms with Crippen molar-refractivity contribution in [1.29, 1.82) is 0 Å². The lowest BCUT2D eigenvalue weighted by molar-refractivity contribution is -0.142. The number of hydrogen-bond donors (Lipinski definition) is 5. The third kappa shape index (κ3) is 7.66. The largest absolute Gasteiger partial charge is 0.395 e. The Balaban J connectivity index is 4.41. The molecule has 0 spiro atoms. The number of aliphatic hydroxyl groups is 5. The van der Waals surface area contributed by atoms with E-state index in [0.29, 0.717) is 0 Å². The van der Waals surface area contributed by atoms with Gasteiger partial charge in [-0.05, 0) is 6.42 Å². The van der Waals surface area contributed by atoms with E-state index in [4.69, 9.17) is 20.4 Å². The fourth-order valence-corrected chi connectivity index (χ4v) is 1.93. The average Bonchev–Trinajstić information content (AvgIpc) is 2.51. The maximum Gasteiger partial charge on any atom is 0.251 e. The van der Waals surface area contributed by atoms with E-state index >= 15 is 0 Å². The van der Waals surface area contributed by atoms with Crippen LogP contribution in [0.15, 0.2) is 0 Å². The van der Waals surface area contributed by atoms with Crippen LogP contribution in [0.1, 0.15) is 12.8 Å². The van der Waals surface area contributed by atoms with Gasteiger partial charge in [0.1, 0.15) is 6.10 Å². The Hall–Kier alpha value is -1.26. The van der Waals surface area contributed by atoms with Crippen LogP contribution in [0.2, 0.25) is 0 Å². The van der Waals surface area contributed by atoms with E-state index in [1.54, 1.807) is 0 Å². The van der Waals surface area contributed by atoms with Crippen LogP contribution in [0.4, 0.5) is 0 Å². The zero-order valence-corrected chi connectivity index (χ0v) is 12.6. The number of carbonyl (C=O) groups is 2. The van der Waals surface area contributed by atoms with Crippen LogP contribution in [-0.2, 0) is 9.59 Å². The highest BCUT2D eigenvalue weighted by atomic mass is 16.3. The molecule has 0 aromatic carbocycles. The summed E-state index contributed by atoms with van der Waals surface area (Å²) in [6, 6.07) is 0. The first-order valence-corrected chi connectivity index (χ1v) is 7.19. The lowest BCUT2D eigenvalue weighted by Gasteiger charge is -2.24. The van der Waals surface area contributed by atoms with Gasteiger partial charge < -0.3 is 35.3 Å². The predicted molar refractivity (Wildman–Crippen MR) is 76.7 cm³/mol. The summed E-state index contributed by atoms with van der Waals surface area (Å²) < 4.78 is 0. The molecule has 0 aliphatic heterocycles. The van der Waals surface area contributed by atoms with Crippen LogP contribution in [0.25, 0.3) is 0 Å². The van der Waals surface area contributed by atoms with Crippen LogP contribution in [0.3, 0.4) is 0 Å². The Bertz CT molecular complexity index is 316. The maximum atomic E-state index is 11.9. The molecule has 22 heavy (non-hydrogen) atoms. The summed E-state index contributed by atoms with van der Waals surface area (Å²) in [7, 11) is 0. The van der Waals surface area contributed by atoms with E-state index in [1.165, 1.54) is 4.90 Å². The van der Waals surface area contributed by atoms with Crippen molar-refractivity contribution in [2.75, 3.05) is 52.6 Å². The molecule has 130 valence electrons. The molecule has 1 unspecified atom stereocenters. The summed E-state index contributed by atoms with van der Waals surface area (Å²) in [6.07, 6.45) is -1.63. The van der Waals surface area contributed by atoms with Crippen molar-refractivity contribution in [2.24, 2.45) is 0 Å². The van der Waals surface area contributed by atoms with Gasteiger partial charge in [0.25, 0.3) is 5.91 Å². The molecule has 9 heteroatoms. The van der Waals surface area contributed by atoms with Crippen molar-refractivity contribution >= 4 is 11.8 Å². The van der Waals surface area contributed by atoms with E-state index in [1.807, 2.05) is 0 Å². The van der Waals surface area contributed by atoms with E-state index in [2.05, 4.69) is 0 Å². The standard InChI is InChI=1S/C13H26N2O7/c16-7-3-14(4-8-17)12(21)2-1-11(20)13(22)15(5-9-18)6-10-19/h11,16-20H,1-10H2. The number of amides is 2. The summed E-state index contributed by atoms with van der Waals surface area (Å²) in [5.74, 6) is -1.04. The molecule has 0 aromatic heterocycles. The van der Waals surface area contributed by atoms with Crippen molar-refractivity contribution in [1.82, 2.24) is 9.80 Å². The third-order valence-corrected chi connectivity index (χ3v) is 3.06. The molecular formula is C13H26N2O7. The third-order valence-electron chi connectivity index (χ3n) is 3.06. The Morgan fingerprint density at radius 1 is 0.773 bits per heavy atom. The summed E-state index contributed by atoms with van der Waals surface area (Å²) in [5.41, 5.74) is 0. The normalized spacial score (nSPS) is 12.0. The van der Waals surface area contributed by atoms with E-state index in [-0.39, 0.29) is 71.4 Å². The molecule has 9 nitrogen and oxygen atoms in total. The monoisotopic (exact) mass is 322 g/mol. The van der Waals surface area contributed by atoms with Crippen molar-refractivity contribution < 1.29 is 35.1 Å². The van der Waals surface area contributed by atoms with E-state index in [9.17, 15) is 14.7 Å². The molecule has 0 heterocycles. The minimum absolute atomic E-state index is 0.00838. The number of nitrogens with zero attached hydrogens (tertiary/aromatic N) is 2. The molecule has 0 radical (unpaired) electrons. The van der Waals surface area contributed by atoms with Gasteiger partial charge in [-0.25, -0.2) is 0 Å². The maximum absolute atomic E-state index is 11.9. The van der Waals surface area contributed by atoms with Gasteiger partial charge in [-0.2, -0.15) is 0 Å². The van der Waals surface area contributed by atoms with E-state index < -0.39 is 12.0 Å². The van der Waals surface area contributed by atoms with Crippen LogP contribution in [0, 0.1) is 0 Å². The molecule has 0 aromatic rings. The molecule has 0 aliphatic carbocycles. The number of rotatable bonds is 12. The minimum Gasteiger partial charge on any atom is -0.395 e. The molecular weight excluding hydrogens is 296 g/mol. The number of carbonyl (C=O) groups excluding carboxylic acids is 2. The first-order chi connectivity index (χ1) is 10.5. The first-order valence-electron chi connectivity index (χ1n) is 7.19. The fourth-order valence-electron chi connectivity index (χ4n) is 1.93. The van der Waals surface area contributed by atoms with Crippen molar-refractivity contribution in [3.8, 4) is 0 Å². The second-order valence-corrected chi connectivity index (χ2v) is 4.65. The van der Waals surface area contributed by atoms with Crippen LogP contribution < -0.4 is 0 Å². The first kappa shape index (κ1) is 20.7. The van der Waals surface area contributed by atoms with Gasteiger partial charge in [-0.1, -0.05) is 0 Å². The second kappa shape index (κ2) is 12.3. The Labute approximate surface area is 129 Å². The highest BCUT2D eigenvalue weighted by molar-refractivity contribution is 5.82. The van der Waals surface area contributed by atoms with Crippen LogP contribution in [-0.4, -0.2) is 106 Å². The van der Waals surface area contributed by atoms with Gasteiger partial charge in [0.15, 0.2) is 0 Å². The highest BCUT2D eigenvalue weighted by Gasteiger charge is 2.23. The second-order valence-electron chi connectivity index (χ2n) is 4.65. The van der Waals surface area contributed by atoms with Crippen LogP contribution >= 0.6 is 0 Å². The average molecular weight is 322 g/mol. The molecule has 0 saturated carbocycles. The van der Waals surface area contributed by atoms with Gasteiger partial charge in [-0.3, -0.25) is 9.59 Å². The molecule has 0 bridgehead atoms. The molecule has 0 fully saturated rings. The highest BCUT2D eigenvalue weighted by Crippen LogP contribution is 2.05. The van der Waals surface area contributed by atoms with E-state index in [0.717, 1.165) is 4.90 Å². The smallest absolute Gasteiger partial charge is 0.251 e. The zero-order valence-electron chi connectivity index (χ0n) is 12.6. The summed E-state index contributed by atoms with van der Waals surface area (Å²) in [6.45, 7) is -0.940. The summed E-state index contributed by atoms with van der Waals surface area (Å²) >= 11 is 0. The summed E-state index contributed by atoms with van der Waals surface area (Å²) in [4.78, 5) is 26.1. The van der Waals surface area contributed by atoms with Crippen molar-refractivity contribution in [3.05, 3.63) is 0 Å². The predicted octanol–water partition coefficient (Wildman–Crippen LogP) is -3.25. The summed E-state index contributed by atoms with van der Waals surface area (Å²) in [5, 5.41) is 45.2. The minimum atomic E-state index is -1.41. The Morgan fingerprint density at radius 3 is 1.59 bits per heavy atom. The van der Waals surface area contributed by atoms with Gasteiger partial charge in [0.05, 0.1) is 26.4 Å². The van der Waals surface area contributed by atoms with Crippen LogP contribution in [0.5, 0.6) is 0 Å².